The minimum absolute atomic E-state index is 0.150. The van der Waals surface area contributed by atoms with Crippen LogP contribution in [0.5, 0.6) is 0 Å². The van der Waals surface area contributed by atoms with Crippen LogP contribution in [0.4, 0.5) is 13.2 Å². The number of fused-ring (bicyclic) bond motifs is 1. The van der Waals surface area contributed by atoms with Gasteiger partial charge in [-0.15, -0.1) is 0 Å². The molecule has 0 atom stereocenters. The Bertz CT molecular complexity index is 1330. The second-order valence-corrected chi connectivity index (χ2v) is 6.97. The van der Waals surface area contributed by atoms with E-state index >= 15 is 0 Å². The van der Waals surface area contributed by atoms with Crippen molar-refractivity contribution in [3.05, 3.63) is 62.7 Å². The first kappa shape index (κ1) is 18.2. The zero-order chi connectivity index (χ0) is 20.2. The van der Waals surface area contributed by atoms with Crippen molar-refractivity contribution in [1.82, 2.24) is 23.5 Å². The van der Waals surface area contributed by atoms with Crippen molar-refractivity contribution >= 4 is 21.6 Å². The Balaban J connectivity index is 1.95. The van der Waals surface area contributed by atoms with Crippen LogP contribution >= 0.6 is 11.5 Å². The van der Waals surface area contributed by atoms with Crippen molar-refractivity contribution in [3.63, 3.8) is 0 Å². The first-order valence-corrected chi connectivity index (χ1v) is 8.76. The van der Waals surface area contributed by atoms with E-state index in [1.807, 2.05) is 6.92 Å². The molecule has 0 saturated carbocycles. The van der Waals surface area contributed by atoms with Crippen LogP contribution in [-0.2, 0) is 13.2 Å². The SMILES string of the molecule is Cc1cnc(-c2nsc3ccc(-n4c(=O)cc(C(F)(F)F)n(C)c4=O)cc23)[nH]1. The zero-order valence-corrected chi connectivity index (χ0v) is 15.4. The standard InChI is InChI=1S/C17H12F3N5O2S/c1-8-7-21-15(22-8)14-10-5-9(3-4-11(10)28-23-14)25-13(26)6-12(17(18,19)20)24(2)16(25)27/h3-7H,1-2H3,(H,21,22). The maximum atomic E-state index is 13.0. The fraction of sp³-hybridized carbons (Fsp3) is 0.176. The number of nitrogens with one attached hydrogen (secondary N) is 1. The molecule has 0 aliphatic rings. The van der Waals surface area contributed by atoms with Gasteiger partial charge in [0.2, 0.25) is 0 Å². The summed E-state index contributed by atoms with van der Waals surface area (Å²) in [5.41, 5.74) is -1.93. The number of aromatic nitrogens is 5. The molecule has 1 N–H and O–H groups in total. The molecule has 0 fully saturated rings. The van der Waals surface area contributed by atoms with E-state index in [-0.39, 0.29) is 5.69 Å². The highest BCUT2D eigenvalue weighted by atomic mass is 32.1. The number of rotatable bonds is 2. The lowest BCUT2D eigenvalue weighted by atomic mass is 10.2. The van der Waals surface area contributed by atoms with Crippen molar-refractivity contribution in [2.45, 2.75) is 13.1 Å². The van der Waals surface area contributed by atoms with Crippen molar-refractivity contribution in [2.75, 3.05) is 0 Å². The highest BCUT2D eigenvalue weighted by Crippen LogP contribution is 2.31. The first-order chi connectivity index (χ1) is 13.2. The van der Waals surface area contributed by atoms with Gasteiger partial charge in [0.15, 0.2) is 5.82 Å². The molecule has 0 aliphatic heterocycles. The number of nitrogens with zero attached hydrogens (tertiary/aromatic N) is 4. The molecule has 3 heterocycles. The van der Waals surface area contributed by atoms with E-state index in [1.165, 1.54) is 17.6 Å². The minimum atomic E-state index is -4.81. The van der Waals surface area contributed by atoms with Gasteiger partial charge >= 0.3 is 11.9 Å². The molecule has 0 amide bonds. The van der Waals surface area contributed by atoms with E-state index < -0.39 is 23.1 Å². The lowest BCUT2D eigenvalue weighted by molar-refractivity contribution is -0.144. The molecule has 4 aromatic rings. The summed E-state index contributed by atoms with van der Waals surface area (Å²) in [7, 11) is 0.975. The van der Waals surface area contributed by atoms with Crippen LogP contribution in [0.3, 0.4) is 0 Å². The number of hydrogen-bond acceptors (Lipinski definition) is 5. The van der Waals surface area contributed by atoms with E-state index in [2.05, 4.69) is 14.3 Å². The average Bonchev–Trinajstić information content (AvgIpc) is 3.22. The third-order valence-corrected chi connectivity index (χ3v) is 5.08. The number of imidazole rings is 1. The first-order valence-electron chi connectivity index (χ1n) is 7.99. The molecule has 3 aromatic heterocycles. The van der Waals surface area contributed by atoms with Gasteiger partial charge in [0.05, 0.1) is 10.4 Å². The average molecular weight is 407 g/mol. The van der Waals surface area contributed by atoms with Gasteiger partial charge in [-0.05, 0) is 36.7 Å². The van der Waals surface area contributed by atoms with Gasteiger partial charge in [0.25, 0.3) is 5.56 Å². The molecular weight excluding hydrogens is 395 g/mol. The molecule has 0 aliphatic carbocycles. The van der Waals surface area contributed by atoms with Gasteiger partial charge in [-0.1, -0.05) is 0 Å². The normalized spacial score (nSPS) is 12.0. The summed E-state index contributed by atoms with van der Waals surface area (Å²) in [6.07, 6.45) is -3.17. The molecule has 11 heteroatoms. The number of alkyl halides is 3. The van der Waals surface area contributed by atoms with Gasteiger partial charge in [-0.3, -0.25) is 9.36 Å². The Morgan fingerprint density at radius 2 is 1.93 bits per heavy atom. The molecule has 0 spiro atoms. The fourth-order valence-electron chi connectivity index (χ4n) is 2.90. The highest BCUT2D eigenvalue weighted by molar-refractivity contribution is 7.13. The lowest BCUT2D eigenvalue weighted by Crippen LogP contribution is -2.40. The molecule has 28 heavy (non-hydrogen) atoms. The van der Waals surface area contributed by atoms with Crippen molar-refractivity contribution in [3.8, 4) is 17.2 Å². The molecule has 0 saturated heterocycles. The lowest BCUT2D eigenvalue weighted by Gasteiger charge is -2.14. The van der Waals surface area contributed by atoms with E-state index in [9.17, 15) is 22.8 Å². The smallest absolute Gasteiger partial charge is 0.341 e. The van der Waals surface area contributed by atoms with Gasteiger partial charge in [-0.2, -0.15) is 17.5 Å². The number of aromatic amines is 1. The fourth-order valence-corrected chi connectivity index (χ4v) is 3.66. The summed E-state index contributed by atoms with van der Waals surface area (Å²) in [4.78, 5) is 32.1. The Morgan fingerprint density at radius 3 is 2.57 bits per heavy atom. The van der Waals surface area contributed by atoms with E-state index in [0.29, 0.717) is 32.1 Å². The number of H-pyrrole nitrogens is 1. The van der Waals surface area contributed by atoms with Gasteiger partial charge in [0.1, 0.15) is 11.4 Å². The molecule has 1 aromatic carbocycles. The Kier molecular flexibility index (Phi) is 4.00. The third-order valence-electron chi connectivity index (χ3n) is 4.25. The maximum Gasteiger partial charge on any atom is 0.431 e. The van der Waals surface area contributed by atoms with Crippen LogP contribution < -0.4 is 11.2 Å². The molecule has 144 valence electrons. The molecule has 0 radical (unpaired) electrons. The van der Waals surface area contributed by atoms with E-state index in [4.69, 9.17) is 0 Å². The van der Waals surface area contributed by atoms with Crippen molar-refractivity contribution < 1.29 is 13.2 Å². The van der Waals surface area contributed by atoms with E-state index in [0.717, 1.165) is 17.4 Å². The van der Waals surface area contributed by atoms with Crippen LogP contribution in [0.1, 0.15) is 11.4 Å². The number of halogens is 3. The number of aryl methyl sites for hydroxylation is 1. The topological polar surface area (TPSA) is 85.6 Å². The van der Waals surface area contributed by atoms with Crippen LogP contribution in [-0.4, -0.2) is 23.5 Å². The second kappa shape index (κ2) is 6.16. The van der Waals surface area contributed by atoms with Crippen LogP contribution in [0.2, 0.25) is 0 Å². The summed E-state index contributed by atoms with van der Waals surface area (Å²) >= 11 is 1.21. The summed E-state index contributed by atoms with van der Waals surface area (Å²) in [6, 6.07) is 5.11. The molecule has 0 bridgehead atoms. The maximum absolute atomic E-state index is 13.0. The predicted octanol–water partition coefficient (Wildman–Crippen LogP) is 2.86. The van der Waals surface area contributed by atoms with Crippen LogP contribution in [0.25, 0.3) is 27.3 Å². The van der Waals surface area contributed by atoms with Gasteiger partial charge in [0, 0.05) is 30.4 Å². The van der Waals surface area contributed by atoms with Crippen LogP contribution in [0, 0.1) is 6.92 Å². The van der Waals surface area contributed by atoms with Crippen LogP contribution in [0.15, 0.2) is 40.1 Å². The largest absolute Gasteiger partial charge is 0.431 e. The quantitative estimate of drug-likeness (QED) is 0.554. The number of benzene rings is 1. The summed E-state index contributed by atoms with van der Waals surface area (Å²) < 4.78 is 45.3. The monoisotopic (exact) mass is 407 g/mol. The molecular formula is C17H12F3N5O2S. The van der Waals surface area contributed by atoms with Crippen molar-refractivity contribution in [1.29, 1.82) is 0 Å². The second-order valence-electron chi connectivity index (χ2n) is 6.17. The Hall–Kier alpha value is -3.21. The zero-order valence-electron chi connectivity index (χ0n) is 14.5. The Labute approximate surface area is 158 Å². The summed E-state index contributed by atoms with van der Waals surface area (Å²) in [5.74, 6) is 0.522. The summed E-state index contributed by atoms with van der Waals surface area (Å²) in [6.45, 7) is 1.84. The molecule has 4 rings (SSSR count). The van der Waals surface area contributed by atoms with Crippen molar-refractivity contribution in [2.24, 2.45) is 7.05 Å². The minimum Gasteiger partial charge on any atom is -0.341 e. The molecule has 0 unspecified atom stereocenters. The van der Waals surface area contributed by atoms with E-state index in [1.54, 1.807) is 18.3 Å². The third kappa shape index (κ3) is 2.83. The summed E-state index contributed by atoms with van der Waals surface area (Å²) in [5, 5.41) is 0.630. The van der Waals surface area contributed by atoms with Gasteiger partial charge in [-0.25, -0.2) is 14.3 Å². The number of hydrogen-bond donors (Lipinski definition) is 1. The Morgan fingerprint density at radius 1 is 1.18 bits per heavy atom. The molecule has 7 nitrogen and oxygen atoms in total. The predicted molar refractivity (Wildman–Crippen MR) is 97.8 cm³/mol. The highest BCUT2D eigenvalue weighted by Gasteiger charge is 2.35. The van der Waals surface area contributed by atoms with Gasteiger partial charge < -0.3 is 4.98 Å².